The normalized spacial score (nSPS) is 12.9. The number of fused-ring (bicyclic) bond motifs is 1. The zero-order valence-electron chi connectivity index (χ0n) is 13.2. The van der Waals surface area contributed by atoms with Gasteiger partial charge in [-0.05, 0) is 25.1 Å². The lowest BCUT2D eigenvalue weighted by atomic mass is 10.1. The molecule has 6 nitrogen and oxygen atoms in total. The molecule has 0 aliphatic heterocycles. The molecule has 0 N–H and O–H groups in total. The predicted molar refractivity (Wildman–Crippen MR) is 88.5 cm³/mol. The molecule has 0 aliphatic carbocycles. The predicted octanol–water partition coefficient (Wildman–Crippen LogP) is 2.85. The molecule has 1 atom stereocenters. The van der Waals surface area contributed by atoms with E-state index in [9.17, 15) is 13.7 Å². The van der Waals surface area contributed by atoms with Gasteiger partial charge in [0.2, 0.25) is 6.10 Å². The first-order chi connectivity index (χ1) is 11.4. The fourth-order valence-electron chi connectivity index (χ4n) is 2.45. The molecule has 0 fully saturated rings. The fraction of sp³-hybridized carbons (Fsp3) is 0.176. The van der Waals surface area contributed by atoms with Crippen LogP contribution < -0.4 is 0 Å². The van der Waals surface area contributed by atoms with E-state index in [2.05, 4.69) is 5.10 Å². The summed E-state index contributed by atoms with van der Waals surface area (Å²) in [4.78, 5) is 0.00795. The summed E-state index contributed by atoms with van der Waals surface area (Å²) < 4.78 is 31.6. The van der Waals surface area contributed by atoms with Crippen LogP contribution in [-0.4, -0.2) is 18.2 Å². The van der Waals surface area contributed by atoms with Crippen LogP contribution in [0.15, 0.2) is 53.4 Å². The average Bonchev–Trinajstić information content (AvgIpc) is 2.90. The summed E-state index contributed by atoms with van der Waals surface area (Å²) >= 11 is 0. The fourth-order valence-corrected chi connectivity index (χ4v) is 3.42. The van der Waals surface area contributed by atoms with Crippen molar-refractivity contribution in [3.63, 3.8) is 0 Å². The minimum Gasteiger partial charge on any atom is -0.268 e. The number of hydrogen-bond donors (Lipinski definition) is 0. The van der Waals surface area contributed by atoms with Crippen molar-refractivity contribution in [3.8, 4) is 6.07 Å². The summed E-state index contributed by atoms with van der Waals surface area (Å²) in [6.45, 7) is 1.86. The highest BCUT2D eigenvalue weighted by Crippen LogP contribution is 2.28. The van der Waals surface area contributed by atoms with Gasteiger partial charge in [0.1, 0.15) is 11.8 Å². The number of rotatable bonds is 4. The molecule has 122 valence electrons. The molecule has 2 aromatic carbocycles. The second kappa shape index (κ2) is 6.07. The Hall–Kier alpha value is -2.69. The third kappa shape index (κ3) is 2.89. The van der Waals surface area contributed by atoms with Crippen LogP contribution in [0.3, 0.4) is 0 Å². The molecule has 0 spiro atoms. The molecule has 0 saturated carbocycles. The van der Waals surface area contributed by atoms with Crippen molar-refractivity contribution in [2.24, 2.45) is 7.05 Å². The molecule has 24 heavy (non-hydrogen) atoms. The van der Waals surface area contributed by atoms with Crippen molar-refractivity contribution in [3.05, 3.63) is 59.8 Å². The maximum absolute atomic E-state index is 12.4. The highest BCUT2D eigenvalue weighted by Gasteiger charge is 2.27. The van der Waals surface area contributed by atoms with Crippen LogP contribution in [0.5, 0.6) is 0 Å². The van der Waals surface area contributed by atoms with Crippen molar-refractivity contribution in [2.75, 3.05) is 0 Å². The molecule has 0 bridgehead atoms. The van der Waals surface area contributed by atoms with Gasteiger partial charge in [-0.25, -0.2) is 4.18 Å². The lowest BCUT2D eigenvalue weighted by Gasteiger charge is -2.09. The zero-order chi connectivity index (χ0) is 17.3. The first-order valence-corrected chi connectivity index (χ1v) is 8.64. The van der Waals surface area contributed by atoms with Crippen LogP contribution in [0.2, 0.25) is 0 Å². The van der Waals surface area contributed by atoms with Crippen LogP contribution >= 0.6 is 0 Å². The van der Waals surface area contributed by atoms with Crippen molar-refractivity contribution < 1.29 is 12.6 Å². The molecule has 0 radical (unpaired) electrons. The van der Waals surface area contributed by atoms with Gasteiger partial charge in [-0.3, -0.25) is 4.68 Å². The highest BCUT2D eigenvalue weighted by molar-refractivity contribution is 7.86. The summed E-state index contributed by atoms with van der Waals surface area (Å²) in [5.74, 6) is 0. The molecular formula is C17H15N3O3S. The molecule has 1 aromatic heterocycles. The second-order valence-corrected chi connectivity index (χ2v) is 6.97. The van der Waals surface area contributed by atoms with Gasteiger partial charge in [0.15, 0.2) is 0 Å². The monoisotopic (exact) mass is 341 g/mol. The van der Waals surface area contributed by atoms with E-state index in [0.717, 1.165) is 11.1 Å². The minimum absolute atomic E-state index is 0.00795. The van der Waals surface area contributed by atoms with Crippen LogP contribution in [0.1, 0.15) is 17.4 Å². The Kier molecular flexibility index (Phi) is 4.09. The van der Waals surface area contributed by atoms with E-state index in [1.165, 1.54) is 12.1 Å². The first kappa shape index (κ1) is 16.2. The number of aryl methyl sites for hydroxylation is 2. The van der Waals surface area contributed by atoms with E-state index in [1.54, 1.807) is 36.0 Å². The molecule has 3 aromatic rings. The van der Waals surface area contributed by atoms with Gasteiger partial charge in [0.05, 0.1) is 10.4 Å². The molecule has 1 heterocycles. The van der Waals surface area contributed by atoms with Crippen molar-refractivity contribution in [1.29, 1.82) is 5.26 Å². The van der Waals surface area contributed by atoms with Crippen LogP contribution in [0.25, 0.3) is 10.9 Å². The Morgan fingerprint density at radius 3 is 2.50 bits per heavy atom. The Morgan fingerprint density at radius 2 is 1.83 bits per heavy atom. The van der Waals surface area contributed by atoms with Crippen molar-refractivity contribution >= 4 is 21.0 Å². The van der Waals surface area contributed by atoms with E-state index in [1.807, 2.05) is 25.1 Å². The number of benzene rings is 2. The quantitative estimate of drug-likeness (QED) is 0.681. The molecule has 1 unspecified atom stereocenters. The minimum atomic E-state index is -4.07. The molecule has 0 aliphatic rings. The molecular weight excluding hydrogens is 326 g/mol. The van der Waals surface area contributed by atoms with Gasteiger partial charge in [-0.2, -0.15) is 18.8 Å². The van der Waals surface area contributed by atoms with Gasteiger partial charge in [-0.15, -0.1) is 0 Å². The van der Waals surface area contributed by atoms with Gasteiger partial charge in [0.25, 0.3) is 10.1 Å². The molecule has 3 rings (SSSR count). The van der Waals surface area contributed by atoms with Crippen LogP contribution in [-0.2, 0) is 21.3 Å². The summed E-state index contributed by atoms with van der Waals surface area (Å²) in [6, 6.07) is 15.4. The molecule has 0 amide bonds. The standard InChI is InChI=1S/C17H15N3O3S/c1-12-7-9-13(10-8-12)24(21,22)23-16(11-18)17-14-5-3-4-6-15(14)20(2)19-17/h3-10,16H,1-2H3. The third-order valence-electron chi connectivity index (χ3n) is 3.68. The maximum Gasteiger partial charge on any atom is 0.298 e. The molecule has 0 saturated heterocycles. The third-order valence-corrected chi connectivity index (χ3v) is 4.98. The Morgan fingerprint density at radius 1 is 1.17 bits per heavy atom. The SMILES string of the molecule is Cc1ccc(S(=O)(=O)OC(C#N)c2nn(C)c3ccccc23)cc1. The Labute approximate surface area is 140 Å². The summed E-state index contributed by atoms with van der Waals surface area (Å²) in [5.41, 5.74) is 2.01. The van der Waals surface area contributed by atoms with Crippen LogP contribution in [0, 0.1) is 18.3 Å². The number of nitrogens with zero attached hydrogens (tertiary/aromatic N) is 3. The number of nitriles is 1. The number of para-hydroxylation sites is 1. The smallest absolute Gasteiger partial charge is 0.268 e. The highest BCUT2D eigenvalue weighted by atomic mass is 32.2. The van der Waals surface area contributed by atoms with E-state index < -0.39 is 16.2 Å². The van der Waals surface area contributed by atoms with Gasteiger partial charge < -0.3 is 0 Å². The van der Waals surface area contributed by atoms with Crippen LogP contribution in [0.4, 0.5) is 0 Å². The summed E-state index contributed by atoms with van der Waals surface area (Å²) in [6.07, 6.45) is -1.32. The Balaban J connectivity index is 2.00. The lowest BCUT2D eigenvalue weighted by Crippen LogP contribution is -2.12. The van der Waals surface area contributed by atoms with E-state index in [4.69, 9.17) is 4.18 Å². The van der Waals surface area contributed by atoms with Crippen molar-refractivity contribution in [2.45, 2.75) is 17.9 Å². The van der Waals surface area contributed by atoms with Gasteiger partial charge in [-0.1, -0.05) is 35.9 Å². The second-order valence-electron chi connectivity index (χ2n) is 5.40. The van der Waals surface area contributed by atoms with Crippen molar-refractivity contribution in [1.82, 2.24) is 9.78 Å². The topological polar surface area (TPSA) is 85.0 Å². The average molecular weight is 341 g/mol. The van der Waals surface area contributed by atoms with E-state index >= 15 is 0 Å². The lowest BCUT2D eigenvalue weighted by molar-refractivity contribution is 0.263. The summed E-state index contributed by atoms with van der Waals surface area (Å²) in [5, 5.41) is 14.4. The summed E-state index contributed by atoms with van der Waals surface area (Å²) in [7, 11) is -2.34. The largest absolute Gasteiger partial charge is 0.298 e. The Bertz CT molecular complexity index is 1030. The molecule has 7 heteroatoms. The maximum atomic E-state index is 12.4. The van der Waals surface area contributed by atoms with Gasteiger partial charge >= 0.3 is 0 Å². The number of hydrogen-bond acceptors (Lipinski definition) is 5. The number of aromatic nitrogens is 2. The zero-order valence-corrected chi connectivity index (χ0v) is 14.0. The van der Waals surface area contributed by atoms with E-state index in [0.29, 0.717) is 5.39 Å². The van der Waals surface area contributed by atoms with E-state index in [-0.39, 0.29) is 10.6 Å². The first-order valence-electron chi connectivity index (χ1n) is 7.23. The van der Waals surface area contributed by atoms with Gasteiger partial charge in [0, 0.05) is 12.4 Å².